The number of ether oxygens (including phenoxy) is 1. The number of rotatable bonds is 5. The van der Waals surface area contributed by atoms with E-state index in [-0.39, 0.29) is 0 Å². The molecule has 0 aromatic heterocycles. The van der Waals surface area contributed by atoms with Gasteiger partial charge in [0.2, 0.25) is 11.6 Å². The number of aliphatic hydroxyl groups is 2. The van der Waals surface area contributed by atoms with Crippen LogP contribution in [0.1, 0.15) is 25.5 Å². The Morgan fingerprint density at radius 1 is 1.38 bits per heavy atom. The monoisotopic (exact) mass is 224 g/mol. The molecule has 0 heterocycles. The molecule has 1 aromatic carbocycles. The van der Waals surface area contributed by atoms with E-state index in [1.807, 2.05) is 6.07 Å². The molecule has 0 fully saturated rings. The second kappa shape index (κ2) is 5.21. The average molecular weight is 224 g/mol. The zero-order valence-electron chi connectivity index (χ0n) is 9.38. The van der Waals surface area contributed by atoms with Crippen molar-refractivity contribution in [1.29, 1.82) is 0 Å². The summed E-state index contributed by atoms with van der Waals surface area (Å²) in [5.74, 6) is -3.14. The maximum absolute atomic E-state index is 11.7. The molecule has 0 aliphatic rings. The summed E-state index contributed by atoms with van der Waals surface area (Å²) in [5.41, 5.74) is 0.615. The van der Waals surface area contributed by atoms with Crippen molar-refractivity contribution in [3.05, 3.63) is 35.9 Å². The molecule has 88 valence electrons. The number of ketones is 1. The first-order valence-electron chi connectivity index (χ1n) is 5.12. The van der Waals surface area contributed by atoms with E-state index in [2.05, 4.69) is 0 Å². The van der Waals surface area contributed by atoms with Crippen LogP contribution in [0.3, 0.4) is 0 Å². The van der Waals surface area contributed by atoms with Crippen molar-refractivity contribution in [3.8, 4) is 0 Å². The molecule has 1 rings (SSSR count). The Bertz CT molecular complexity index is 340. The molecule has 0 amide bonds. The SMILES string of the molecule is CCOC(C(=O)C(C)(O)O)c1ccccc1. The highest BCUT2D eigenvalue weighted by atomic mass is 16.5. The van der Waals surface area contributed by atoms with Gasteiger partial charge in [0, 0.05) is 6.61 Å². The first kappa shape index (κ1) is 12.8. The Morgan fingerprint density at radius 2 is 1.94 bits per heavy atom. The van der Waals surface area contributed by atoms with Crippen LogP contribution in [0.25, 0.3) is 0 Å². The number of benzene rings is 1. The maximum atomic E-state index is 11.7. The summed E-state index contributed by atoms with van der Waals surface area (Å²) in [5, 5.41) is 18.5. The van der Waals surface area contributed by atoms with Gasteiger partial charge in [0.05, 0.1) is 0 Å². The Balaban J connectivity index is 2.97. The molecule has 16 heavy (non-hydrogen) atoms. The van der Waals surface area contributed by atoms with Crippen molar-refractivity contribution in [2.75, 3.05) is 6.61 Å². The minimum Gasteiger partial charge on any atom is -0.366 e. The summed E-state index contributed by atoms with van der Waals surface area (Å²) >= 11 is 0. The van der Waals surface area contributed by atoms with E-state index in [0.29, 0.717) is 12.2 Å². The molecular weight excluding hydrogens is 208 g/mol. The van der Waals surface area contributed by atoms with Crippen molar-refractivity contribution in [2.24, 2.45) is 0 Å². The molecule has 0 bridgehead atoms. The van der Waals surface area contributed by atoms with Gasteiger partial charge in [-0.2, -0.15) is 0 Å². The lowest BCUT2D eigenvalue weighted by Crippen LogP contribution is -2.39. The van der Waals surface area contributed by atoms with Crippen LogP contribution in [0, 0.1) is 0 Å². The van der Waals surface area contributed by atoms with Crippen LogP contribution >= 0.6 is 0 Å². The Labute approximate surface area is 94.5 Å². The lowest BCUT2D eigenvalue weighted by atomic mass is 10.0. The Morgan fingerprint density at radius 3 is 2.38 bits per heavy atom. The number of carbonyl (C=O) groups is 1. The fourth-order valence-electron chi connectivity index (χ4n) is 1.37. The second-order valence-corrected chi connectivity index (χ2v) is 3.63. The molecule has 0 saturated heterocycles. The van der Waals surface area contributed by atoms with Gasteiger partial charge in [0.15, 0.2) is 0 Å². The first-order valence-corrected chi connectivity index (χ1v) is 5.12. The van der Waals surface area contributed by atoms with Crippen molar-refractivity contribution in [1.82, 2.24) is 0 Å². The van der Waals surface area contributed by atoms with E-state index in [1.54, 1.807) is 31.2 Å². The molecule has 2 N–H and O–H groups in total. The number of hydrogen-bond acceptors (Lipinski definition) is 4. The summed E-state index contributed by atoms with van der Waals surface area (Å²) in [7, 11) is 0. The molecule has 0 aliphatic carbocycles. The van der Waals surface area contributed by atoms with Gasteiger partial charge in [-0.15, -0.1) is 0 Å². The smallest absolute Gasteiger partial charge is 0.224 e. The van der Waals surface area contributed by atoms with Gasteiger partial charge in [0.1, 0.15) is 6.10 Å². The Kier molecular flexibility index (Phi) is 4.18. The Hall–Kier alpha value is -1.23. The summed E-state index contributed by atoms with van der Waals surface area (Å²) in [4.78, 5) is 11.7. The molecule has 0 radical (unpaired) electrons. The summed E-state index contributed by atoms with van der Waals surface area (Å²) in [6.45, 7) is 3.10. The van der Waals surface area contributed by atoms with Crippen LogP contribution in [0.15, 0.2) is 30.3 Å². The number of carbonyl (C=O) groups excluding carboxylic acids is 1. The molecule has 0 spiro atoms. The fourth-order valence-corrected chi connectivity index (χ4v) is 1.37. The van der Waals surface area contributed by atoms with Gasteiger partial charge < -0.3 is 14.9 Å². The van der Waals surface area contributed by atoms with Crippen molar-refractivity contribution in [2.45, 2.75) is 25.7 Å². The summed E-state index contributed by atoms with van der Waals surface area (Å²) in [6.07, 6.45) is -0.939. The maximum Gasteiger partial charge on any atom is 0.224 e. The largest absolute Gasteiger partial charge is 0.366 e. The molecule has 1 unspecified atom stereocenters. The highest BCUT2D eigenvalue weighted by molar-refractivity contribution is 5.90. The highest BCUT2D eigenvalue weighted by Gasteiger charge is 2.35. The van der Waals surface area contributed by atoms with Gasteiger partial charge in [-0.3, -0.25) is 4.79 Å². The average Bonchev–Trinajstić information content (AvgIpc) is 2.25. The summed E-state index contributed by atoms with van der Waals surface area (Å²) < 4.78 is 5.25. The minimum absolute atomic E-state index is 0.321. The first-order chi connectivity index (χ1) is 7.46. The van der Waals surface area contributed by atoms with E-state index in [1.165, 1.54) is 0 Å². The molecular formula is C12H16O4. The minimum atomic E-state index is -2.38. The third-order valence-electron chi connectivity index (χ3n) is 2.14. The van der Waals surface area contributed by atoms with E-state index >= 15 is 0 Å². The molecule has 4 heteroatoms. The lowest BCUT2D eigenvalue weighted by molar-refractivity contribution is -0.187. The van der Waals surface area contributed by atoms with Gasteiger partial charge in [-0.25, -0.2) is 0 Å². The van der Waals surface area contributed by atoms with E-state index in [9.17, 15) is 15.0 Å². The van der Waals surface area contributed by atoms with E-state index in [0.717, 1.165) is 6.92 Å². The van der Waals surface area contributed by atoms with Crippen LogP contribution in [0.4, 0.5) is 0 Å². The van der Waals surface area contributed by atoms with Crippen molar-refractivity contribution in [3.63, 3.8) is 0 Å². The van der Waals surface area contributed by atoms with Crippen LogP contribution in [0.5, 0.6) is 0 Å². The van der Waals surface area contributed by atoms with Gasteiger partial charge in [0.25, 0.3) is 0 Å². The highest BCUT2D eigenvalue weighted by Crippen LogP contribution is 2.22. The molecule has 1 aromatic rings. The normalized spacial score (nSPS) is 13.5. The van der Waals surface area contributed by atoms with Crippen molar-refractivity contribution >= 4 is 5.78 Å². The zero-order valence-corrected chi connectivity index (χ0v) is 9.38. The van der Waals surface area contributed by atoms with Gasteiger partial charge >= 0.3 is 0 Å². The van der Waals surface area contributed by atoms with Gasteiger partial charge in [-0.05, 0) is 19.4 Å². The van der Waals surface area contributed by atoms with E-state index in [4.69, 9.17) is 4.74 Å². The van der Waals surface area contributed by atoms with Crippen LogP contribution < -0.4 is 0 Å². The predicted octanol–water partition coefficient (Wildman–Crippen LogP) is 1.03. The van der Waals surface area contributed by atoms with Gasteiger partial charge in [-0.1, -0.05) is 30.3 Å². The molecule has 1 atom stereocenters. The van der Waals surface area contributed by atoms with Crippen LogP contribution in [-0.2, 0) is 9.53 Å². The van der Waals surface area contributed by atoms with E-state index < -0.39 is 17.7 Å². The molecule has 0 aliphatic heterocycles. The predicted molar refractivity (Wildman–Crippen MR) is 58.7 cm³/mol. The number of Topliss-reactive ketones (excluding diaryl/α,β-unsaturated/α-hetero) is 1. The summed E-state index contributed by atoms with van der Waals surface area (Å²) in [6, 6.07) is 8.77. The molecule has 0 saturated carbocycles. The topological polar surface area (TPSA) is 66.8 Å². The standard InChI is InChI=1S/C12H16O4/c1-3-16-10(11(13)12(2,14)15)9-7-5-4-6-8-9/h4-8,10,14-15H,3H2,1-2H3. The van der Waals surface area contributed by atoms with Crippen molar-refractivity contribution < 1.29 is 19.7 Å². The number of hydrogen-bond donors (Lipinski definition) is 2. The third kappa shape index (κ3) is 3.13. The zero-order chi connectivity index (χ0) is 12.2. The third-order valence-corrected chi connectivity index (χ3v) is 2.14. The van der Waals surface area contributed by atoms with Crippen LogP contribution in [-0.4, -0.2) is 28.4 Å². The fraction of sp³-hybridized carbons (Fsp3) is 0.417. The molecule has 4 nitrogen and oxygen atoms in total. The lowest BCUT2D eigenvalue weighted by Gasteiger charge is -2.22. The second-order valence-electron chi connectivity index (χ2n) is 3.63. The van der Waals surface area contributed by atoms with Crippen LogP contribution in [0.2, 0.25) is 0 Å². The quantitative estimate of drug-likeness (QED) is 0.733.